The Kier molecular flexibility index (Phi) is 3.08. The minimum atomic E-state index is -1.06. The summed E-state index contributed by atoms with van der Waals surface area (Å²) in [5, 5.41) is 8.79. The lowest BCUT2D eigenvalue weighted by atomic mass is 10.2. The van der Waals surface area contributed by atoms with E-state index < -0.39 is 12.1 Å². The molecule has 1 N–H and O–H groups in total. The van der Waals surface area contributed by atoms with Crippen LogP contribution in [0.1, 0.15) is 17.3 Å². The van der Waals surface area contributed by atoms with Crippen molar-refractivity contribution in [2.24, 2.45) is 0 Å². The van der Waals surface area contributed by atoms with E-state index in [9.17, 15) is 4.79 Å². The van der Waals surface area contributed by atoms with Gasteiger partial charge in [0.15, 0.2) is 11.9 Å². The number of terminal acetylenes is 1. The largest absolute Gasteiger partial charge is 0.478 e. The Balaban J connectivity index is 2.97. The lowest BCUT2D eigenvalue weighted by Crippen LogP contribution is -2.11. The van der Waals surface area contributed by atoms with Crippen LogP contribution < -0.4 is 4.74 Å². The summed E-state index contributed by atoms with van der Waals surface area (Å²) >= 11 is 0. The van der Waals surface area contributed by atoms with Crippen LogP contribution in [0.3, 0.4) is 0 Å². The van der Waals surface area contributed by atoms with E-state index in [1.54, 1.807) is 6.92 Å². The van der Waals surface area contributed by atoms with E-state index in [4.69, 9.17) is 16.3 Å². The van der Waals surface area contributed by atoms with E-state index in [2.05, 4.69) is 10.9 Å². The van der Waals surface area contributed by atoms with Gasteiger partial charge in [0.25, 0.3) is 0 Å². The summed E-state index contributed by atoms with van der Waals surface area (Å²) in [5.74, 6) is 1.46. The second-order valence-electron chi connectivity index (χ2n) is 2.60. The van der Waals surface area contributed by atoms with E-state index in [0.717, 1.165) is 0 Å². The number of carboxylic acid groups (broad SMARTS) is 1. The molecule has 1 atom stereocenters. The van der Waals surface area contributed by atoms with Gasteiger partial charge in [-0.3, -0.25) is 4.98 Å². The van der Waals surface area contributed by atoms with Gasteiger partial charge in [0, 0.05) is 6.20 Å². The van der Waals surface area contributed by atoms with Gasteiger partial charge < -0.3 is 9.84 Å². The van der Waals surface area contributed by atoms with Crippen LogP contribution in [0.25, 0.3) is 0 Å². The van der Waals surface area contributed by atoms with Crippen LogP contribution in [0.15, 0.2) is 18.5 Å². The zero-order chi connectivity index (χ0) is 10.6. The van der Waals surface area contributed by atoms with Gasteiger partial charge in [0.1, 0.15) is 5.56 Å². The standard InChI is InChI=1S/C10H9NO3/c1-3-7(2)14-9-6-11-5-4-8(9)10(12)13/h1,4-7H,2H3,(H,12,13). The van der Waals surface area contributed by atoms with Gasteiger partial charge in [-0.15, -0.1) is 6.42 Å². The molecule has 0 radical (unpaired) electrons. The molecule has 1 heterocycles. The summed E-state index contributed by atoms with van der Waals surface area (Å²) in [6.45, 7) is 1.65. The van der Waals surface area contributed by atoms with Crippen molar-refractivity contribution >= 4 is 5.97 Å². The second kappa shape index (κ2) is 4.28. The fourth-order valence-electron chi connectivity index (χ4n) is 0.875. The number of ether oxygens (including phenoxy) is 1. The molecule has 1 unspecified atom stereocenters. The molecule has 0 aliphatic carbocycles. The van der Waals surface area contributed by atoms with Crippen molar-refractivity contribution in [3.63, 3.8) is 0 Å². The predicted molar refractivity (Wildman–Crippen MR) is 50.1 cm³/mol. The molecule has 0 saturated carbocycles. The molecule has 0 aliphatic heterocycles. The number of aromatic carboxylic acids is 1. The molecule has 0 spiro atoms. The molecule has 0 saturated heterocycles. The number of aromatic nitrogens is 1. The normalized spacial score (nSPS) is 11.4. The quantitative estimate of drug-likeness (QED) is 0.729. The third-order valence-corrected chi connectivity index (χ3v) is 1.55. The number of nitrogens with zero attached hydrogens (tertiary/aromatic N) is 1. The number of carboxylic acids is 1. The summed E-state index contributed by atoms with van der Waals surface area (Å²) < 4.78 is 5.18. The molecular formula is C10H9NO3. The van der Waals surface area contributed by atoms with Gasteiger partial charge in [-0.25, -0.2) is 4.79 Å². The van der Waals surface area contributed by atoms with Gasteiger partial charge in [0.05, 0.1) is 6.20 Å². The monoisotopic (exact) mass is 191 g/mol. The fraction of sp³-hybridized carbons (Fsp3) is 0.200. The minimum absolute atomic E-state index is 0.0575. The Morgan fingerprint density at radius 2 is 2.50 bits per heavy atom. The van der Waals surface area contributed by atoms with Crippen molar-refractivity contribution < 1.29 is 14.6 Å². The first kappa shape index (κ1) is 10.1. The predicted octanol–water partition coefficient (Wildman–Crippen LogP) is 1.18. The molecule has 0 bridgehead atoms. The molecule has 4 nitrogen and oxygen atoms in total. The molecule has 1 rings (SSSR count). The Hall–Kier alpha value is -2.02. The number of pyridine rings is 1. The topological polar surface area (TPSA) is 59.4 Å². The maximum atomic E-state index is 10.7. The molecule has 72 valence electrons. The van der Waals surface area contributed by atoms with E-state index in [0.29, 0.717) is 0 Å². The average molecular weight is 191 g/mol. The highest BCUT2D eigenvalue weighted by Crippen LogP contribution is 2.17. The van der Waals surface area contributed by atoms with Crippen molar-refractivity contribution in [2.45, 2.75) is 13.0 Å². The summed E-state index contributed by atoms with van der Waals surface area (Å²) in [4.78, 5) is 14.5. The van der Waals surface area contributed by atoms with E-state index in [1.807, 2.05) is 0 Å². The average Bonchev–Trinajstić information content (AvgIpc) is 2.18. The van der Waals surface area contributed by atoms with Crippen molar-refractivity contribution in [3.8, 4) is 18.1 Å². The molecule has 1 aromatic heterocycles. The Labute approximate surface area is 81.5 Å². The SMILES string of the molecule is C#CC(C)Oc1cnccc1C(=O)O. The maximum Gasteiger partial charge on any atom is 0.339 e. The Morgan fingerprint density at radius 1 is 1.79 bits per heavy atom. The molecular weight excluding hydrogens is 182 g/mol. The summed E-state index contributed by atoms with van der Waals surface area (Å²) in [6, 6.07) is 1.36. The van der Waals surface area contributed by atoms with Gasteiger partial charge in [-0.2, -0.15) is 0 Å². The molecule has 1 aromatic rings. The number of carbonyl (C=O) groups is 1. The smallest absolute Gasteiger partial charge is 0.339 e. The molecule has 0 aromatic carbocycles. The van der Waals surface area contributed by atoms with Gasteiger partial charge in [0.2, 0.25) is 0 Å². The third kappa shape index (κ3) is 2.23. The molecule has 4 heteroatoms. The summed E-state index contributed by atoms with van der Waals surface area (Å²) in [7, 11) is 0. The van der Waals surface area contributed by atoms with Crippen LogP contribution in [0.5, 0.6) is 5.75 Å². The first-order valence-electron chi connectivity index (χ1n) is 3.95. The van der Waals surface area contributed by atoms with Crippen LogP contribution in [-0.2, 0) is 0 Å². The van der Waals surface area contributed by atoms with Crippen molar-refractivity contribution in [3.05, 3.63) is 24.0 Å². The highest BCUT2D eigenvalue weighted by molar-refractivity contribution is 5.90. The van der Waals surface area contributed by atoms with E-state index >= 15 is 0 Å². The maximum absolute atomic E-state index is 10.7. The molecule has 0 amide bonds. The first-order chi connectivity index (χ1) is 6.65. The first-order valence-corrected chi connectivity index (χ1v) is 3.95. The zero-order valence-electron chi connectivity index (χ0n) is 7.60. The van der Waals surface area contributed by atoms with Crippen LogP contribution in [-0.4, -0.2) is 22.2 Å². The molecule has 0 fully saturated rings. The number of rotatable bonds is 3. The minimum Gasteiger partial charge on any atom is -0.478 e. The second-order valence-corrected chi connectivity index (χ2v) is 2.60. The molecule has 14 heavy (non-hydrogen) atoms. The van der Waals surface area contributed by atoms with Gasteiger partial charge >= 0.3 is 5.97 Å². The fourth-order valence-corrected chi connectivity index (χ4v) is 0.875. The van der Waals surface area contributed by atoms with Crippen molar-refractivity contribution in [2.75, 3.05) is 0 Å². The van der Waals surface area contributed by atoms with Crippen LogP contribution in [0.2, 0.25) is 0 Å². The van der Waals surface area contributed by atoms with Crippen molar-refractivity contribution in [1.82, 2.24) is 4.98 Å². The number of hydrogen-bond donors (Lipinski definition) is 1. The highest BCUT2D eigenvalue weighted by Gasteiger charge is 2.12. The van der Waals surface area contributed by atoms with Crippen LogP contribution in [0.4, 0.5) is 0 Å². The zero-order valence-corrected chi connectivity index (χ0v) is 7.60. The summed E-state index contributed by atoms with van der Waals surface area (Å²) in [6.07, 6.45) is 7.34. The number of hydrogen-bond acceptors (Lipinski definition) is 3. The molecule has 0 aliphatic rings. The Morgan fingerprint density at radius 3 is 3.07 bits per heavy atom. The lowest BCUT2D eigenvalue weighted by molar-refractivity contribution is 0.0691. The summed E-state index contributed by atoms with van der Waals surface area (Å²) in [5.41, 5.74) is 0.0575. The van der Waals surface area contributed by atoms with Crippen molar-refractivity contribution in [1.29, 1.82) is 0 Å². The van der Waals surface area contributed by atoms with Crippen LogP contribution in [0, 0.1) is 12.3 Å². The van der Waals surface area contributed by atoms with Gasteiger partial charge in [-0.05, 0) is 13.0 Å². The van der Waals surface area contributed by atoms with E-state index in [-0.39, 0.29) is 11.3 Å². The lowest BCUT2D eigenvalue weighted by Gasteiger charge is -2.10. The van der Waals surface area contributed by atoms with Gasteiger partial charge in [-0.1, -0.05) is 5.92 Å². The highest BCUT2D eigenvalue weighted by atomic mass is 16.5. The van der Waals surface area contributed by atoms with E-state index in [1.165, 1.54) is 18.5 Å². The Bertz CT molecular complexity index is 381. The third-order valence-electron chi connectivity index (χ3n) is 1.55. The van der Waals surface area contributed by atoms with Crippen LogP contribution >= 0.6 is 0 Å².